The SMILES string of the molecule is O=S(=O)(NCCc1ncn[nH]1)c1cc(CO)cc(F)c1F. The summed E-state index contributed by atoms with van der Waals surface area (Å²) < 4.78 is 53.0. The molecule has 10 heteroatoms. The molecule has 3 N–H and O–H groups in total. The van der Waals surface area contributed by atoms with Crippen LogP contribution in [-0.2, 0) is 23.1 Å². The number of aliphatic hydroxyl groups is 1. The molecule has 0 amide bonds. The van der Waals surface area contributed by atoms with Crippen LogP contribution in [0, 0.1) is 11.6 Å². The summed E-state index contributed by atoms with van der Waals surface area (Å²) in [4.78, 5) is 2.96. The van der Waals surface area contributed by atoms with Gasteiger partial charge in [-0.1, -0.05) is 0 Å². The average Bonchev–Trinajstić information content (AvgIpc) is 2.94. The van der Waals surface area contributed by atoms with Crippen LogP contribution in [0.15, 0.2) is 23.4 Å². The number of aliphatic hydroxyl groups excluding tert-OH is 1. The molecule has 0 spiro atoms. The molecule has 1 aromatic heterocycles. The third-order valence-corrected chi connectivity index (χ3v) is 4.11. The quantitative estimate of drug-likeness (QED) is 0.700. The first-order valence-corrected chi connectivity index (χ1v) is 7.35. The topological polar surface area (TPSA) is 108 Å². The maximum Gasteiger partial charge on any atom is 0.243 e. The van der Waals surface area contributed by atoms with Gasteiger partial charge in [0.1, 0.15) is 17.0 Å². The Morgan fingerprint density at radius 1 is 1.33 bits per heavy atom. The molecule has 0 fully saturated rings. The highest BCUT2D eigenvalue weighted by Gasteiger charge is 2.22. The number of nitrogens with one attached hydrogen (secondary N) is 2. The van der Waals surface area contributed by atoms with Gasteiger partial charge in [-0.2, -0.15) is 5.10 Å². The first kappa shape index (κ1) is 15.5. The van der Waals surface area contributed by atoms with Gasteiger partial charge in [0.2, 0.25) is 10.0 Å². The number of benzene rings is 1. The molecule has 0 saturated carbocycles. The Hall–Kier alpha value is -1.91. The predicted octanol–water partition coefficient (Wildman–Crippen LogP) is 0.0962. The van der Waals surface area contributed by atoms with Gasteiger partial charge in [-0.3, -0.25) is 5.10 Å². The van der Waals surface area contributed by atoms with Gasteiger partial charge in [0.25, 0.3) is 0 Å². The fourth-order valence-corrected chi connectivity index (χ4v) is 2.80. The Morgan fingerprint density at radius 3 is 2.71 bits per heavy atom. The van der Waals surface area contributed by atoms with E-state index in [0.717, 1.165) is 12.1 Å². The Morgan fingerprint density at radius 2 is 2.10 bits per heavy atom. The van der Waals surface area contributed by atoms with Gasteiger partial charge in [0.05, 0.1) is 6.61 Å². The Kier molecular flexibility index (Phi) is 4.60. The highest BCUT2D eigenvalue weighted by atomic mass is 32.2. The van der Waals surface area contributed by atoms with E-state index in [2.05, 4.69) is 19.9 Å². The number of sulfonamides is 1. The highest BCUT2D eigenvalue weighted by Crippen LogP contribution is 2.19. The van der Waals surface area contributed by atoms with Crippen molar-refractivity contribution < 1.29 is 22.3 Å². The zero-order valence-electron chi connectivity index (χ0n) is 10.7. The van der Waals surface area contributed by atoms with Crippen molar-refractivity contribution in [3.05, 3.63) is 41.5 Å². The van der Waals surface area contributed by atoms with Crippen LogP contribution < -0.4 is 4.72 Å². The van der Waals surface area contributed by atoms with E-state index in [1.165, 1.54) is 6.33 Å². The van der Waals surface area contributed by atoms with Crippen LogP contribution in [0.2, 0.25) is 0 Å². The number of hydrogen-bond donors (Lipinski definition) is 3. The van der Waals surface area contributed by atoms with Crippen molar-refractivity contribution in [3.8, 4) is 0 Å². The zero-order valence-corrected chi connectivity index (χ0v) is 11.5. The molecule has 21 heavy (non-hydrogen) atoms. The van der Waals surface area contributed by atoms with Gasteiger partial charge in [-0.05, 0) is 17.7 Å². The van der Waals surface area contributed by atoms with E-state index in [4.69, 9.17) is 5.11 Å². The largest absolute Gasteiger partial charge is 0.392 e. The normalized spacial score (nSPS) is 11.8. The van der Waals surface area contributed by atoms with E-state index in [0.29, 0.717) is 5.82 Å². The second kappa shape index (κ2) is 6.24. The van der Waals surface area contributed by atoms with Crippen LogP contribution in [0.3, 0.4) is 0 Å². The standard InChI is InChI=1S/C11H12F2N4O3S/c12-8-3-7(5-18)4-9(11(8)13)21(19,20)16-2-1-10-14-6-15-17-10/h3-4,6,16,18H,1-2,5H2,(H,14,15,17). The van der Waals surface area contributed by atoms with Crippen molar-refractivity contribution in [3.63, 3.8) is 0 Å². The third-order valence-electron chi connectivity index (χ3n) is 2.65. The smallest absolute Gasteiger partial charge is 0.243 e. The maximum atomic E-state index is 13.6. The molecule has 0 aliphatic carbocycles. The number of aromatic amines is 1. The lowest BCUT2D eigenvalue weighted by Gasteiger charge is -2.09. The molecule has 0 aliphatic heterocycles. The molecule has 2 rings (SSSR count). The second-order valence-corrected chi connectivity index (χ2v) is 5.86. The minimum Gasteiger partial charge on any atom is -0.392 e. The number of hydrogen-bond acceptors (Lipinski definition) is 5. The number of aromatic nitrogens is 3. The Labute approximate surface area is 119 Å². The molecular weight excluding hydrogens is 306 g/mol. The third kappa shape index (κ3) is 3.60. The second-order valence-electron chi connectivity index (χ2n) is 4.13. The van der Waals surface area contributed by atoms with E-state index in [1.54, 1.807) is 0 Å². The van der Waals surface area contributed by atoms with Crippen LogP contribution in [0.25, 0.3) is 0 Å². The molecule has 7 nitrogen and oxygen atoms in total. The van der Waals surface area contributed by atoms with Crippen LogP contribution >= 0.6 is 0 Å². The molecule has 2 aromatic rings. The van der Waals surface area contributed by atoms with Crippen molar-refractivity contribution in [2.24, 2.45) is 0 Å². The fourth-order valence-electron chi connectivity index (χ4n) is 1.64. The summed E-state index contributed by atoms with van der Waals surface area (Å²) in [5.74, 6) is -2.37. The van der Waals surface area contributed by atoms with Crippen molar-refractivity contribution >= 4 is 10.0 Å². The van der Waals surface area contributed by atoms with Gasteiger partial charge in [-0.15, -0.1) is 0 Å². The predicted molar refractivity (Wildman–Crippen MR) is 67.6 cm³/mol. The molecule has 1 heterocycles. The average molecular weight is 318 g/mol. The Bertz CT molecular complexity index is 719. The minimum absolute atomic E-state index is 0.0375. The van der Waals surface area contributed by atoms with E-state index in [9.17, 15) is 17.2 Å². The summed E-state index contributed by atoms with van der Waals surface area (Å²) in [6, 6.07) is 1.62. The van der Waals surface area contributed by atoms with Crippen LogP contribution in [0.1, 0.15) is 11.4 Å². The van der Waals surface area contributed by atoms with Gasteiger partial charge < -0.3 is 5.11 Å². The van der Waals surface area contributed by atoms with Gasteiger partial charge >= 0.3 is 0 Å². The van der Waals surface area contributed by atoms with Crippen molar-refractivity contribution in [2.45, 2.75) is 17.9 Å². The summed E-state index contributed by atoms with van der Waals surface area (Å²) >= 11 is 0. The molecule has 1 aromatic carbocycles. The van der Waals surface area contributed by atoms with Gasteiger partial charge in [0, 0.05) is 13.0 Å². The highest BCUT2D eigenvalue weighted by molar-refractivity contribution is 7.89. The number of halogens is 2. The maximum absolute atomic E-state index is 13.6. The van der Waals surface area contributed by atoms with Gasteiger partial charge in [0.15, 0.2) is 11.6 Å². The lowest BCUT2D eigenvalue weighted by atomic mass is 10.2. The van der Waals surface area contributed by atoms with Crippen LogP contribution in [-0.4, -0.2) is 35.3 Å². The molecule has 0 atom stereocenters. The zero-order chi connectivity index (χ0) is 15.5. The summed E-state index contributed by atoms with van der Waals surface area (Å²) in [5.41, 5.74) is -0.0375. The molecule has 0 saturated heterocycles. The summed E-state index contributed by atoms with van der Waals surface area (Å²) in [6.45, 7) is -0.667. The van der Waals surface area contributed by atoms with E-state index in [-0.39, 0.29) is 18.5 Å². The number of nitrogens with zero attached hydrogens (tertiary/aromatic N) is 2. The van der Waals surface area contributed by atoms with Crippen LogP contribution in [0.4, 0.5) is 8.78 Å². The van der Waals surface area contributed by atoms with Crippen molar-refractivity contribution in [1.29, 1.82) is 0 Å². The van der Waals surface area contributed by atoms with Crippen molar-refractivity contribution in [2.75, 3.05) is 6.54 Å². The molecular formula is C11H12F2N4O3S. The molecule has 0 radical (unpaired) electrons. The lowest BCUT2D eigenvalue weighted by Crippen LogP contribution is -2.27. The van der Waals surface area contributed by atoms with E-state index >= 15 is 0 Å². The first-order valence-electron chi connectivity index (χ1n) is 5.86. The summed E-state index contributed by atoms with van der Waals surface area (Å²) in [5, 5.41) is 15.1. The van der Waals surface area contributed by atoms with Crippen LogP contribution in [0.5, 0.6) is 0 Å². The molecule has 0 unspecified atom stereocenters. The monoisotopic (exact) mass is 318 g/mol. The molecule has 114 valence electrons. The minimum atomic E-state index is -4.24. The molecule has 0 aliphatic rings. The van der Waals surface area contributed by atoms with Crippen molar-refractivity contribution in [1.82, 2.24) is 19.9 Å². The van der Waals surface area contributed by atoms with E-state index < -0.39 is 33.2 Å². The fraction of sp³-hybridized carbons (Fsp3) is 0.273. The summed E-state index contributed by atoms with van der Waals surface area (Å²) in [7, 11) is -4.24. The van der Waals surface area contributed by atoms with E-state index in [1.807, 2.05) is 0 Å². The molecule has 0 bridgehead atoms. The summed E-state index contributed by atoms with van der Waals surface area (Å²) in [6.07, 6.45) is 1.48. The number of H-pyrrole nitrogens is 1. The Balaban J connectivity index is 2.17. The number of rotatable bonds is 6. The van der Waals surface area contributed by atoms with Gasteiger partial charge in [-0.25, -0.2) is 26.9 Å². The first-order chi connectivity index (χ1) is 9.94. The lowest BCUT2D eigenvalue weighted by molar-refractivity contribution is 0.280.